The molecule has 1 saturated heterocycles. The van der Waals surface area contributed by atoms with Crippen molar-refractivity contribution in [3.05, 3.63) is 47.2 Å². The average Bonchev–Trinajstić information content (AvgIpc) is 2.53. The molecule has 1 aromatic rings. The van der Waals surface area contributed by atoms with E-state index in [-0.39, 0.29) is 30.3 Å². The van der Waals surface area contributed by atoms with Gasteiger partial charge in [0.15, 0.2) is 17.3 Å². The molecule has 1 aromatic carbocycles. The van der Waals surface area contributed by atoms with Crippen LogP contribution < -0.4 is 0 Å². The number of benzene rings is 1. The van der Waals surface area contributed by atoms with Crippen molar-refractivity contribution >= 4 is 5.78 Å². The molecule has 0 aromatic heterocycles. The van der Waals surface area contributed by atoms with E-state index in [9.17, 15) is 20.1 Å². The van der Waals surface area contributed by atoms with Crippen LogP contribution in [0.4, 0.5) is 0 Å². The van der Waals surface area contributed by atoms with Gasteiger partial charge in [0.1, 0.15) is 29.5 Å². The van der Waals surface area contributed by atoms with E-state index in [1.165, 1.54) is 24.3 Å². The molecule has 0 saturated carbocycles. The number of hydrogen-bond donors (Lipinski definition) is 3. The highest BCUT2D eigenvalue weighted by Gasteiger charge is 2.62. The maximum atomic E-state index is 11.8. The molecule has 4 rings (SSSR count). The minimum absolute atomic E-state index is 0.00650. The van der Waals surface area contributed by atoms with Gasteiger partial charge in [-0.15, -0.1) is 0 Å². The Morgan fingerprint density at radius 2 is 2.08 bits per heavy atom. The highest BCUT2D eigenvalue weighted by Crippen LogP contribution is 2.55. The molecule has 0 amide bonds. The average molecular weight is 330 g/mol. The number of aliphatic hydroxyl groups is 1. The molecule has 6 nitrogen and oxygen atoms in total. The molecule has 1 aliphatic heterocycles. The number of allylic oxidation sites excluding steroid dienone is 2. The van der Waals surface area contributed by atoms with E-state index >= 15 is 0 Å². The lowest BCUT2D eigenvalue weighted by Crippen LogP contribution is -2.66. The van der Waals surface area contributed by atoms with Gasteiger partial charge in [0.2, 0.25) is 0 Å². The Labute approximate surface area is 138 Å². The van der Waals surface area contributed by atoms with E-state index in [4.69, 9.17) is 9.47 Å². The van der Waals surface area contributed by atoms with Gasteiger partial charge in [-0.2, -0.15) is 0 Å². The first-order chi connectivity index (χ1) is 11.4. The smallest absolute Gasteiger partial charge is 0.181 e. The second-order valence-corrected chi connectivity index (χ2v) is 6.52. The maximum absolute atomic E-state index is 11.8. The Balaban J connectivity index is 2.04. The number of rotatable bonds is 2. The highest BCUT2D eigenvalue weighted by molar-refractivity contribution is 6.01. The molecule has 0 radical (unpaired) electrons. The summed E-state index contributed by atoms with van der Waals surface area (Å²) in [5, 5.41) is 31.0. The van der Waals surface area contributed by atoms with Crippen molar-refractivity contribution in [2.45, 2.75) is 30.5 Å². The van der Waals surface area contributed by atoms with Crippen LogP contribution in [-0.4, -0.2) is 46.0 Å². The van der Waals surface area contributed by atoms with Crippen molar-refractivity contribution in [3.63, 3.8) is 0 Å². The first-order valence-electron chi connectivity index (χ1n) is 7.88. The second-order valence-electron chi connectivity index (χ2n) is 6.52. The van der Waals surface area contributed by atoms with E-state index in [0.717, 1.165) is 0 Å². The van der Waals surface area contributed by atoms with Crippen molar-refractivity contribution in [3.8, 4) is 11.5 Å². The van der Waals surface area contributed by atoms with Crippen molar-refractivity contribution in [1.82, 2.24) is 0 Å². The number of phenolic OH excluding ortho intramolecular Hbond substituents is 2. The van der Waals surface area contributed by atoms with Gasteiger partial charge >= 0.3 is 0 Å². The Morgan fingerprint density at radius 3 is 2.83 bits per heavy atom. The first kappa shape index (κ1) is 15.2. The SMILES string of the molecule is CCO[C@@H]1[C@@]2(O)COC3=CC(=O)C=C[C@]31c1cc(O)c(O)cc1C2. The molecule has 126 valence electrons. The van der Waals surface area contributed by atoms with E-state index in [1.807, 2.05) is 6.92 Å². The molecule has 0 unspecified atom stereocenters. The summed E-state index contributed by atoms with van der Waals surface area (Å²) in [4.78, 5) is 11.8. The Hall–Kier alpha value is -2.31. The van der Waals surface area contributed by atoms with Gasteiger partial charge in [0.05, 0.1) is 0 Å². The molecule has 1 spiro atoms. The van der Waals surface area contributed by atoms with E-state index < -0.39 is 17.1 Å². The van der Waals surface area contributed by atoms with Crippen molar-refractivity contribution in [2.75, 3.05) is 13.2 Å². The third kappa shape index (κ3) is 1.81. The number of fused-ring (bicyclic) bond motifs is 2. The third-order valence-electron chi connectivity index (χ3n) is 5.05. The van der Waals surface area contributed by atoms with Gasteiger partial charge in [-0.05, 0) is 36.3 Å². The zero-order valence-corrected chi connectivity index (χ0v) is 13.2. The normalized spacial score (nSPS) is 33.3. The molecule has 3 aliphatic rings. The number of carbonyl (C=O) groups is 1. The fourth-order valence-corrected chi connectivity index (χ4v) is 4.11. The van der Waals surface area contributed by atoms with E-state index in [1.54, 1.807) is 6.08 Å². The number of carbonyl (C=O) groups excluding carboxylic acids is 1. The minimum atomic E-state index is -1.30. The predicted molar refractivity (Wildman–Crippen MR) is 83.7 cm³/mol. The van der Waals surface area contributed by atoms with Crippen LogP contribution in [0.5, 0.6) is 11.5 Å². The largest absolute Gasteiger partial charge is 0.504 e. The van der Waals surface area contributed by atoms with Crippen LogP contribution >= 0.6 is 0 Å². The van der Waals surface area contributed by atoms with Gasteiger partial charge in [0.25, 0.3) is 0 Å². The monoisotopic (exact) mass is 330 g/mol. The number of ether oxygens (including phenoxy) is 2. The summed E-state index contributed by atoms with van der Waals surface area (Å²) >= 11 is 0. The van der Waals surface area contributed by atoms with Crippen molar-refractivity contribution in [2.24, 2.45) is 0 Å². The van der Waals surface area contributed by atoms with Gasteiger partial charge < -0.3 is 24.8 Å². The number of aromatic hydroxyl groups is 2. The summed E-state index contributed by atoms with van der Waals surface area (Å²) in [5.74, 6) is -0.321. The molecular weight excluding hydrogens is 312 g/mol. The summed E-state index contributed by atoms with van der Waals surface area (Å²) in [5.41, 5.74) is -0.947. The quantitative estimate of drug-likeness (QED) is 0.702. The summed E-state index contributed by atoms with van der Waals surface area (Å²) in [6.07, 6.45) is 4.05. The predicted octanol–water partition coefficient (Wildman–Crippen LogP) is 1.08. The second kappa shape index (κ2) is 4.84. The standard InChI is InChI=1S/C18H18O6/c1-2-23-16-17(22)8-10-5-13(20)14(21)7-12(10)18(16)4-3-11(19)6-15(18)24-9-17/h3-7,16,20-22H,2,8-9H2,1H3/t16-,17+,18+/m1/s1. The molecule has 3 N–H and O–H groups in total. The summed E-state index contributed by atoms with van der Waals surface area (Å²) < 4.78 is 11.6. The lowest BCUT2D eigenvalue weighted by Gasteiger charge is -2.55. The van der Waals surface area contributed by atoms with Crippen molar-refractivity contribution < 1.29 is 29.6 Å². The van der Waals surface area contributed by atoms with Crippen LogP contribution in [0.15, 0.2) is 36.1 Å². The first-order valence-corrected chi connectivity index (χ1v) is 7.88. The summed E-state index contributed by atoms with van der Waals surface area (Å²) in [6, 6.07) is 2.91. The van der Waals surface area contributed by atoms with E-state index in [0.29, 0.717) is 23.5 Å². The lowest BCUT2D eigenvalue weighted by atomic mass is 9.58. The molecule has 1 fully saturated rings. The number of ketones is 1. The summed E-state index contributed by atoms with van der Waals surface area (Å²) in [6.45, 7) is 2.21. The van der Waals surface area contributed by atoms with Crippen LogP contribution in [-0.2, 0) is 26.1 Å². The van der Waals surface area contributed by atoms with Crippen LogP contribution in [0.25, 0.3) is 0 Å². The molecule has 1 heterocycles. The third-order valence-corrected chi connectivity index (χ3v) is 5.05. The van der Waals surface area contributed by atoms with Crippen LogP contribution in [0.1, 0.15) is 18.1 Å². The Morgan fingerprint density at radius 1 is 1.33 bits per heavy atom. The van der Waals surface area contributed by atoms with Gasteiger partial charge in [-0.1, -0.05) is 6.08 Å². The zero-order chi connectivity index (χ0) is 17.1. The van der Waals surface area contributed by atoms with Gasteiger partial charge in [0, 0.05) is 19.1 Å². The van der Waals surface area contributed by atoms with Crippen LogP contribution in [0.3, 0.4) is 0 Å². The molecular formula is C18H18O6. The van der Waals surface area contributed by atoms with Crippen LogP contribution in [0.2, 0.25) is 0 Å². The lowest BCUT2D eigenvalue weighted by molar-refractivity contribution is -0.190. The van der Waals surface area contributed by atoms with E-state index in [2.05, 4.69) is 0 Å². The minimum Gasteiger partial charge on any atom is -0.504 e. The number of hydrogen-bond acceptors (Lipinski definition) is 6. The fraction of sp³-hybridized carbons (Fsp3) is 0.389. The summed E-state index contributed by atoms with van der Waals surface area (Å²) in [7, 11) is 0. The van der Waals surface area contributed by atoms with Crippen LogP contribution in [0, 0.1) is 0 Å². The topological polar surface area (TPSA) is 96.2 Å². The van der Waals surface area contributed by atoms with Gasteiger partial charge in [-0.3, -0.25) is 4.79 Å². The molecule has 2 bridgehead atoms. The number of phenols is 2. The van der Waals surface area contributed by atoms with Gasteiger partial charge in [-0.25, -0.2) is 0 Å². The van der Waals surface area contributed by atoms with Crippen molar-refractivity contribution in [1.29, 1.82) is 0 Å². The molecule has 6 heteroatoms. The molecule has 24 heavy (non-hydrogen) atoms. The maximum Gasteiger partial charge on any atom is 0.181 e. The Kier molecular flexibility index (Phi) is 3.07. The highest BCUT2D eigenvalue weighted by atomic mass is 16.5. The molecule has 3 atom stereocenters. The Bertz CT molecular complexity index is 795. The zero-order valence-electron chi connectivity index (χ0n) is 13.2. The fourth-order valence-electron chi connectivity index (χ4n) is 4.11. The molecule has 2 aliphatic carbocycles.